The maximum Gasteiger partial charge on any atom is 0.252 e. The van der Waals surface area contributed by atoms with Crippen LogP contribution >= 0.6 is 11.3 Å². The summed E-state index contributed by atoms with van der Waals surface area (Å²) in [6.45, 7) is 7.01. The lowest BCUT2D eigenvalue weighted by Gasteiger charge is -2.35. The van der Waals surface area contributed by atoms with Gasteiger partial charge in [0.15, 0.2) is 0 Å². The summed E-state index contributed by atoms with van der Waals surface area (Å²) < 4.78 is 32.9. The van der Waals surface area contributed by atoms with E-state index in [-0.39, 0.29) is 0 Å². The lowest BCUT2D eigenvalue weighted by atomic mass is 10.3. The second kappa shape index (κ2) is 7.70. The zero-order valence-electron chi connectivity index (χ0n) is 15.2. The number of sulfonamides is 1. The molecule has 0 spiro atoms. The van der Waals surface area contributed by atoms with Crippen molar-refractivity contribution in [1.29, 1.82) is 0 Å². The number of hydrogen-bond acceptors (Lipinski definition) is 8. The normalized spacial score (nSPS) is 19.4. The van der Waals surface area contributed by atoms with Gasteiger partial charge in [-0.1, -0.05) is 0 Å². The number of thiophene rings is 1. The van der Waals surface area contributed by atoms with E-state index in [1.165, 1.54) is 11.3 Å². The van der Waals surface area contributed by atoms with Crippen molar-refractivity contribution in [3.05, 3.63) is 29.3 Å². The van der Waals surface area contributed by atoms with E-state index in [4.69, 9.17) is 4.74 Å². The Hall–Kier alpha value is -1.75. The first-order chi connectivity index (χ1) is 13.0. The van der Waals surface area contributed by atoms with E-state index in [0.717, 1.165) is 23.8 Å². The first kappa shape index (κ1) is 18.6. The number of piperazine rings is 1. The quantitative estimate of drug-likeness (QED) is 0.751. The number of nitrogens with zero attached hydrogens (tertiary/aromatic N) is 5. The van der Waals surface area contributed by atoms with Gasteiger partial charge in [-0.3, -0.25) is 0 Å². The SMILES string of the molecule is Cc1ccc(S(=O)(=O)N2CCN(c3ccnc(N4CCOCC4)n3)CC2)s1. The van der Waals surface area contributed by atoms with Gasteiger partial charge in [-0.25, -0.2) is 13.4 Å². The van der Waals surface area contributed by atoms with Crippen LogP contribution in [0.5, 0.6) is 0 Å². The molecule has 0 radical (unpaired) electrons. The molecule has 0 N–H and O–H groups in total. The molecule has 4 rings (SSSR count). The number of aromatic nitrogens is 2. The maximum atomic E-state index is 12.8. The molecule has 146 valence electrons. The molecule has 0 unspecified atom stereocenters. The molecule has 8 nitrogen and oxygen atoms in total. The van der Waals surface area contributed by atoms with Crippen molar-refractivity contribution in [2.45, 2.75) is 11.1 Å². The molecular formula is C17H23N5O3S2. The molecule has 2 fully saturated rings. The molecule has 0 bridgehead atoms. The van der Waals surface area contributed by atoms with Crippen LogP contribution < -0.4 is 9.80 Å². The zero-order valence-corrected chi connectivity index (χ0v) is 16.9. The summed E-state index contributed by atoms with van der Waals surface area (Å²) in [6.07, 6.45) is 1.77. The van der Waals surface area contributed by atoms with E-state index < -0.39 is 10.0 Å². The van der Waals surface area contributed by atoms with E-state index >= 15 is 0 Å². The Morgan fingerprint density at radius 2 is 1.74 bits per heavy atom. The third kappa shape index (κ3) is 3.93. The molecule has 10 heteroatoms. The molecular weight excluding hydrogens is 386 g/mol. The molecule has 2 aliphatic heterocycles. The maximum absolute atomic E-state index is 12.8. The Morgan fingerprint density at radius 3 is 2.41 bits per heavy atom. The number of ether oxygens (including phenoxy) is 1. The molecule has 2 aromatic heterocycles. The van der Waals surface area contributed by atoms with Crippen LogP contribution in [-0.4, -0.2) is 75.2 Å². The molecule has 4 heterocycles. The summed E-state index contributed by atoms with van der Waals surface area (Å²) in [7, 11) is -3.40. The molecule has 2 aliphatic rings. The van der Waals surface area contributed by atoms with Crippen molar-refractivity contribution in [2.75, 3.05) is 62.3 Å². The second-order valence-corrected chi connectivity index (χ2v) is 10.0. The van der Waals surface area contributed by atoms with Gasteiger partial charge in [0.05, 0.1) is 13.2 Å². The summed E-state index contributed by atoms with van der Waals surface area (Å²) in [5, 5.41) is 0. The minimum absolute atomic E-state index is 0.421. The van der Waals surface area contributed by atoms with Crippen molar-refractivity contribution >= 4 is 33.1 Å². The van der Waals surface area contributed by atoms with Crippen molar-refractivity contribution in [1.82, 2.24) is 14.3 Å². The van der Waals surface area contributed by atoms with Gasteiger partial charge in [-0.2, -0.15) is 9.29 Å². The van der Waals surface area contributed by atoms with Gasteiger partial charge in [0.1, 0.15) is 10.0 Å². The van der Waals surface area contributed by atoms with Crippen molar-refractivity contribution in [3.8, 4) is 0 Å². The fourth-order valence-electron chi connectivity index (χ4n) is 3.27. The molecule has 0 aromatic carbocycles. The van der Waals surface area contributed by atoms with E-state index in [2.05, 4.69) is 19.8 Å². The van der Waals surface area contributed by atoms with Crippen LogP contribution in [0.15, 0.2) is 28.6 Å². The van der Waals surface area contributed by atoms with Crippen molar-refractivity contribution < 1.29 is 13.2 Å². The third-order valence-electron chi connectivity index (χ3n) is 4.79. The number of aryl methyl sites for hydroxylation is 1. The highest BCUT2D eigenvalue weighted by Gasteiger charge is 2.30. The molecule has 0 saturated carbocycles. The smallest absolute Gasteiger partial charge is 0.252 e. The average molecular weight is 410 g/mol. The Morgan fingerprint density at radius 1 is 1.00 bits per heavy atom. The van der Waals surface area contributed by atoms with Gasteiger partial charge in [0, 0.05) is 50.3 Å². The Labute approximate surface area is 163 Å². The lowest BCUT2D eigenvalue weighted by molar-refractivity contribution is 0.122. The third-order valence-corrected chi connectivity index (χ3v) is 8.16. The fourth-order valence-corrected chi connectivity index (χ4v) is 6.13. The van der Waals surface area contributed by atoms with Crippen LogP contribution in [0.4, 0.5) is 11.8 Å². The largest absolute Gasteiger partial charge is 0.378 e. The van der Waals surface area contributed by atoms with Gasteiger partial charge in [0.25, 0.3) is 10.0 Å². The van der Waals surface area contributed by atoms with Crippen LogP contribution in [-0.2, 0) is 14.8 Å². The summed E-state index contributed by atoms with van der Waals surface area (Å²) in [5.41, 5.74) is 0. The van der Waals surface area contributed by atoms with Gasteiger partial charge in [-0.05, 0) is 25.1 Å². The minimum Gasteiger partial charge on any atom is -0.378 e. The Bertz CT molecular complexity index is 887. The predicted octanol–water partition coefficient (Wildman–Crippen LogP) is 1.19. The summed E-state index contributed by atoms with van der Waals surface area (Å²) in [5.74, 6) is 1.55. The van der Waals surface area contributed by atoms with Crippen LogP contribution in [0, 0.1) is 6.92 Å². The number of anilines is 2. The second-order valence-electron chi connectivity index (χ2n) is 6.57. The van der Waals surface area contributed by atoms with Crippen LogP contribution in [0.25, 0.3) is 0 Å². The predicted molar refractivity (Wildman–Crippen MR) is 105 cm³/mol. The number of hydrogen-bond donors (Lipinski definition) is 0. The fraction of sp³-hybridized carbons (Fsp3) is 0.529. The van der Waals surface area contributed by atoms with E-state index in [9.17, 15) is 8.42 Å². The first-order valence-electron chi connectivity index (χ1n) is 9.01. The molecule has 0 atom stereocenters. The van der Waals surface area contributed by atoms with E-state index in [1.54, 1.807) is 16.6 Å². The van der Waals surface area contributed by atoms with Crippen LogP contribution in [0.3, 0.4) is 0 Å². The van der Waals surface area contributed by atoms with Crippen LogP contribution in [0.2, 0.25) is 0 Å². The Balaban J connectivity index is 1.43. The van der Waals surface area contributed by atoms with Gasteiger partial charge in [0.2, 0.25) is 5.95 Å². The summed E-state index contributed by atoms with van der Waals surface area (Å²) in [6, 6.07) is 5.43. The highest BCUT2D eigenvalue weighted by molar-refractivity contribution is 7.91. The monoisotopic (exact) mass is 409 g/mol. The van der Waals surface area contributed by atoms with Gasteiger partial charge >= 0.3 is 0 Å². The highest BCUT2D eigenvalue weighted by Crippen LogP contribution is 2.26. The van der Waals surface area contributed by atoms with E-state index in [0.29, 0.717) is 49.6 Å². The molecule has 2 aromatic rings. The summed E-state index contributed by atoms with van der Waals surface area (Å²) in [4.78, 5) is 14.3. The van der Waals surface area contributed by atoms with Gasteiger partial charge < -0.3 is 14.5 Å². The number of rotatable bonds is 4. The Kier molecular flexibility index (Phi) is 5.31. The average Bonchev–Trinajstić information content (AvgIpc) is 3.16. The topological polar surface area (TPSA) is 78.9 Å². The van der Waals surface area contributed by atoms with Gasteiger partial charge in [-0.15, -0.1) is 11.3 Å². The molecule has 0 aliphatic carbocycles. The van der Waals surface area contributed by atoms with E-state index in [1.807, 2.05) is 19.1 Å². The first-order valence-corrected chi connectivity index (χ1v) is 11.3. The lowest BCUT2D eigenvalue weighted by Crippen LogP contribution is -2.49. The van der Waals surface area contributed by atoms with Crippen molar-refractivity contribution in [2.24, 2.45) is 0 Å². The molecule has 27 heavy (non-hydrogen) atoms. The molecule has 0 amide bonds. The standard InChI is InChI=1S/C17H23N5O3S2/c1-14-2-3-16(26-14)27(23,24)22-8-6-20(7-9-22)15-4-5-18-17(19-15)21-10-12-25-13-11-21/h2-5H,6-13H2,1H3. The van der Waals surface area contributed by atoms with Crippen LogP contribution in [0.1, 0.15) is 4.88 Å². The number of morpholine rings is 1. The zero-order chi connectivity index (χ0) is 18.9. The van der Waals surface area contributed by atoms with Crippen molar-refractivity contribution in [3.63, 3.8) is 0 Å². The highest BCUT2D eigenvalue weighted by atomic mass is 32.2. The minimum atomic E-state index is -3.40. The molecule has 2 saturated heterocycles. The summed E-state index contributed by atoms with van der Waals surface area (Å²) >= 11 is 1.32.